The highest BCUT2D eigenvalue weighted by atomic mass is 19.4. The molecule has 0 amide bonds. The molecule has 1 N–H and O–H groups in total. The molecule has 3 aromatic rings. The maximum atomic E-state index is 12.7. The summed E-state index contributed by atoms with van der Waals surface area (Å²) in [5, 5.41) is 0. The van der Waals surface area contributed by atoms with Crippen molar-refractivity contribution in [2.75, 3.05) is 6.61 Å². The number of pyridine rings is 1. The lowest BCUT2D eigenvalue weighted by molar-refractivity contribution is -0.137. The molecule has 0 spiro atoms. The molecule has 0 fully saturated rings. The molecule has 0 atom stereocenters. The number of alkyl halides is 3. The van der Waals surface area contributed by atoms with Crippen molar-refractivity contribution in [3.63, 3.8) is 0 Å². The van der Waals surface area contributed by atoms with E-state index in [2.05, 4.69) is 21.9 Å². The molecular weight excluding hydrogens is 343 g/mol. The average molecular weight is 361 g/mol. The minimum absolute atomic E-state index is 0.481. The molecule has 0 radical (unpaired) electrons. The molecule has 3 rings (SSSR count). The minimum Gasteiger partial charge on any atom is -0.477 e. The maximum Gasteiger partial charge on any atom is 0.416 e. The van der Waals surface area contributed by atoms with E-state index < -0.39 is 11.7 Å². The van der Waals surface area contributed by atoms with E-state index >= 15 is 0 Å². The van der Waals surface area contributed by atoms with E-state index in [1.54, 1.807) is 18.5 Å². The van der Waals surface area contributed by atoms with Crippen LogP contribution in [0.1, 0.15) is 25.3 Å². The average Bonchev–Trinajstić information content (AvgIpc) is 3.12. The molecule has 0 aliphatic carbocycles. The summed E-state index contributed by atoms with van der Waals surface area (Å²) in [5.41, 5.74) is 1.17. The van der Waals surface area contributed by atoms with Crippen LogP contribution in [0.25, 0.3) is 22.6 Å². The lowest BCUT2D eigenvalue weighted by atomic mass is 10.1. The molecule has 0 bridgehead atoms. The molecule has 2 heterocycles. The number of hydrogen-bond donors (Lipinski definition) is 1. The van der Waals surface area contributed by atoms with E-state index in [9.17, 15) is 13.2 Å². The Morgan fingerprint density at radius 3 is 2.58 bits per heavy atom. The highest BCUT2D eigenvalue weighted by Crippen LogP contribution is 2.32. The third kappa shape index (κ3) is 4.04. The van der Waals surface area contributed by atoms with Crippen molar-refractivity contribution in [1.82, 2.24) is 15.0 Å². The Morgan fingerprint density at radius 1 is 1.12 bits per heavy atom. The summed E-state index contributed by atoms with van der Waals surface area (Å²) in [5.74, 6) is 1.04. The van der Waals surface area contributed by atoms with Gasteiger partial charge in [-0.25, -0.2) is 9.97 Å². The van der Waals surface area contributed by atoms with Crippen LogP contribution in [0.15, 0.2) is 48.8 Å². The molecule has 4 nitrogen and oxygen atoms in total. The molecule has 0 unspecified atom stereocenters. The number of ether oxygens (including phenoxy) is 1. The van der Waals surface area contributed by atoms with Crippen LogP contribution in [-0.2, 0) is 6.18 Å². The van der Waals surface area contributed by atoms with E-state index in [1.807, 2.05) is 6.07 Å². The number of hydrogen-bond acceptors (Lipinski definition) is 3. The standard InChI is InChI=1S/C19H18F3N3O/c1-2-3-11-26-18-15(5-4-10-23-18)17-24-12-16(25-17)13-6-8-14(9-7-13)19(20,21)22/h4-10,12H,2-3,11H2,1H3,(H,24,25). The van der Waals surface area contributed by atoms with Crippen LogP contribution in [-0.4, -0.2) is 21.6 Å². The number of unbranched alkanes of at least 4 members (excludes halogenated alkanes) is 1. The third-order valence-electron chi connectivity index (χ3n) is 3.85. The molecular formula is C19H18F3N3O. The summed E-state index contributed by atoms with van der Waals surface area (Å²) in [6, 6.07) is 8.53. The van der Waals surface area contributed by atoms with Crippen LogP contribution in [0, 0.1) is 0 Å². The van der Waals surface area contributed by atoms with Gasteiger partial charge >= 0.3 is 6.18 Å². The van der Waals surface area contributed by atoms with E-state index in [1.165, 1.54) is 12.1 Å². The van der Waals surface area contributed by atoms with Crippen molar-refractivity contribution in [2.45, 2.75) is 25.9 Å². The van der Waals surface area contributed by atoms with Gasteiger partial charge in [-0.1, -0.05) is 25.5 Å². The van der Waals surface area contributed by atoms with Crippen LogP contribution in [0.4, 0.5) is 13.2 Å². The Labute approximate surface area is 149 Å². The molecule has 1 aromatic carbocycles. The number of aromatic amines is 1. The zero-order valence-corrected chi connectivity index (χ0v) is 14.2. The number of nitrogens with one attached hydrogen (secondary N) is 1. The van der Waals surface area contributed by atoms with Crippen molar-refractivity contribution in [3.05, 3.63) is 54.4 Å². The quantitative estimate of drug-likeness (QED) is 0.603. The van der Waals surface area contributed by atoms with Gasteiger partial charge in [-0.2, -0.15) is 13.2 Å². The van der Waals surface area contributed by atoms with Crippen LogP contribution in [0.5, 0.6) is 5.88 Å². The monoisotopic (exact) mass is 361 g/mol. The number of halogens is 3. The highest BCUT2D eigenvalue weighted by Gasteiger charge is 2.30. The molecule has 26 heavy (non-hydrogen) atoms. The zero-order chi connectivity index (χ0) is 18.6. The van der Waals surface area contributed by atoms with Crippen LogP contribution in [0.2, 0.25) is 0 Å². The number of H-pyrrole nitrogens is 1. The summed E-state index contributed by atoms with van der Waals surface area (Å²) in [4.78, 5) is 11.8. The first-order valence-electron chi connectivity index (χ1n) is 8.30. The molecule has 0 saturated heterocycles. The first kappa shape index (κ1) is 18.0. The van der Waals surface area contributed by atoms with Crippen LogP contribution in [0.3, 0.4) is 0 Å². The molecule has 0 aliphatic rings. The third-order valence-corrected chi connectivity index (χ3v) is 3.85. The van der Waals surface area contributed by atoms with Gasteiger partial charge in [-0.05, 0) is 30.7 Å². The second kappa shape index (κ2) is 7.59. The van der Waals surface area contributed by atoms with E-state index in [0.29, 0.717) is 35.1 Å². The van der Waals surface area contributed by atoms with Crippen molar-refractivity contribution in [2.24, 2.45) is 0 Å². The number of rotatable bonds is 6. The maximum absolute atomic E-state index is 12.7. The smallest absolute Gasteiger partial charge is 0.416 e. The number of benzene rings is 1. The number of nitrogens with zero attached hydrogens (tertiary/aromatic N) is 2. The summed E-state index contributed by atoms with van der Waals surface area (Å²) in [6.07, 6.45) is 0.882. The van der Waals surface area contributed by atoms with Gasteiger partial charge in [0.2, 0.25) is 5.88 Å². The van der Waals surface area contributed by atoms with Crippen molar-refractivity contribution in [1.29, 1.82) is 0 Å². The topological polar surface area (TPSA) is 50.8 Å². The summed E-state index contributed by atoms with van der Waals surface area (Å²) in [6.45, 7) is 2.64. The largest absolute Gasteiger partial charge is 0.477 e. The fourth-order valence-corrected chi connectivity index (χ4v) is 2.44. The predicted molar refractivity (Wildman–Crippen MR) is 92.7 cm³/mol. The van der Waals surface area contributed by atoms with Crippen molar-refractivity contribution in [3.8, 4) is 28.5 Å². The minimum atomic E-state index is -4.35. The van der Waals surface area contributed by atoms with Gasteiger partial charge < -0.3 is 9.72 Å². The fraction of sp³-hybridized carbons (Fsp3) is 0.263. The van der Waals surface area contributed by atoms with Gasteiger partial charge in [0, 0.05) is 18.0 Å². The van der Waals surface area contributed by atoms with E-state index in [-0.39, 0.29) is 0 Å². The second-order valence-corrected chi connectivity index (χ2v) is 5.77. The van der Waals surface area contributed by atoms with Crippen molar-refractivity contribution < 1.29 is 17.9 Å². The molecule has 2 aromatic heterocycles. The SMILES string of the molecule is CCCCOc1ncccc1-c1nc(-c2ccc(C(F)(F)F)cc2)c[nH]1. The Hall–Kier alpha value is -2.83. The van der Waals surface area contributed by atoms with Gasteiger partial charge in [0.25, 0.3) is 0 Å². The van der Waals surface area contributed by atoms with Crippen molar-refractivity contribution >= 4 is 0 Å². The molecule has 0 aliphatic heterocycles. The Balaban J connectivity index is 1.84. The van der Waals surface area contributed by atoms with Gasteiger partial charge in [-0.15, -0.1) is 0 Å². The van der Waals surface area contributed by atoms with Crippen LogP contribution >= 0.6 is 0 Å². The van der Waals surface area contributed by atoms with Gasteiger partial charge in [0.15, 0.2) is 0 Å². The summed E-state index contributed by atoms with van der Waals surface area (Å²) >= 11 is 0. The van der Waals surface area contributed by atoms with Gasteiger partial charge in [0.1, 0.15) is 5.82 Å². The molecule has 0 saturated carbocycles. The number of aromatic nitrogens is 3. The molecule has 136 valence electrons. The first-order valence-corrected chi connectivity index (χ1v) is 8.30. The van der Waals surface area contributed by atoms with Gasteiger partial charge in [-0.3, -0.25) is 0 Å². The van der Waals surface area contributed by atoms with E-state index in [0.717, 1.165) is 25.0 Å². The predicted octanol–water partition coefficient (Wildman–Crippen LogP) is 5.34. The first-order chi connectivity index (χ1) is 12.5. The highest BCUT2D eigenvalue weighted by molar-refractivity contribution is 5.67. The second-order valence-electron chi connectivity index (χ2n) is 5.77. The fourth-order valence-electron chi connectivity index (χ4n) is 2.44. The van der Waals surface area contributed by atoms with Crippen LogP contribution < -0.4 is 4.74 Å². The molecule has 7 heteroatoms. The normalized spacial score (nSPS) is 11.5. The Bertz CT molecular complexity index is 857. The van der Waals surface area contributed by atoms with Gasteiger partial charge in [0.05, 0.1) is 23.4 Å². The lowest BCUT2D eigenvalue weighted by Crippen LogP contribution is -2.03. The Morgan fingerprint density at radius 2 is 1.88 bits per heavy atom. The number of imidazole rings is 1. The zero-order valence-electron chi connectivity index (χ0n) is 14.2. The van der Waals surface area contributed by atoms with E-state index in [4.69, 9.17) is 4.74 Å². The summed E-state index contributed by atoms with van der Waals surface area (Å²) < 4.78 is 43.7. The summed E-state index contributed by atoms with van der Waals surface area (Å²) in [7, 11) is 0. The lowest BCUT2D eigenvalue weighted by Gasteiger charge is -2.08. The Kier molecular flexibility index (Phi) is 5.25.